The van der Waals surface area contributed by atoms with E-state index in [1.807, 2.05) is 25.1 Å². The first kappa shape index (κ1) is 22.0. The minimum Gasteiger partial charge on any atom is -0.494 e. The number of rotatable bonds is 6. The molecule has 0 saturated carbocycles. The summed E-state index contributed by atoms with van der Waals surface area (Å²) < 4.78 is 5.67. The zero-order valence-electron chi connectivity index (χ0n) is 16.5. The van der Waals surface area contributed by atoms with Crippen LogP contribution in [0, 0.1) is 34.6 Å². The van der Waals surface area contributed by atoms with Crippen LogP contribution in [0.2, 0.25) is 0 Å². The SMILES string of the molecule is CCCOc1ccc(PC(=O)c2c(C)cc(C)c(C)c2C)c(C)c1.[Li]. The summed E-state index contributed by atoms with van der Waals surface area (Å²) in [6.45, 7) is 13.2. The molecule has 4 heteroatoms. The maximum absolute atomic E-state index is 12.9. The molecule has 0 aliphatic rings. The molecule has 0 N–H and O–H groups in total. The number of benzene rings is 2. The van der Waals surface area contributed by atoms with Gasteiger partial charge in [0.1, 0.15) is 5.75 Å². The van der Waals surface area contributed by atoms with Gasteiger partial charge in [0, 0.05) is 24.4 Å². The fourth-order valence-corrected chi connectivity index (χ4v) is 4.09. The Labute approximate surface area is 165 Å². The van der Waals surface area contributed by atoms with Gasteiger partial charge in [0.05, 0.1) is 6.61 Å². The molecule has 0 aliphatic carbocycles. The smallest absolute Gasteiger partial charge is 0.186 e. The van der Waals surface area contributed by atoms with E-state index in [0.29, 0.717) is 0 Å². The van der Waals surface area contributed by atoms with Crippen molar-refractivity contribution in [1.82, 2.24) is 0 Å². The van der Waals surface area contributed by atoms with Crippen molar-refractivity contribution in [3.63, 3.8) is 0 Å². The van der Waals surface area contributed by atoms with E-state index in [1.165, 1.54) is 11.1 Å². The Hall–Kier alpha value is -1.06. The van der Waals surface area contributed by atoms with Crippen molar-refractivity contribution in [3.05, 3.63) is 57.6 Å². The summed E-state index contributed by atoms with van der Waals surface area (Å²) in [5.74, 6) is 0.883. The number of hydrogen-bond donors (Lipinski definition) is 0. The molecule has 0 heterocycles. The molecule has 0 amide bonds. The first-order valence-corrected chi connectivity index (χ1v) is 9.47. The van der Waals surface area contributed by atoms with E-state index < -0.39 is 0 Å². The Balaban J connectivity index is 0.00000312. The number of aryl methyl sites for hydroxylation is 3. The van der Waals surface area contributed by atoms with Gasteiger partial charge in [-0.1, -0.05) is 19.1 Å². The predicted octanol–water partition coefficient (Wildman–Crippen LogP) is 4.78. The van der Waals surface area contributed by atoms with E-state index in [9.17, 15) is 4.79 Å². The van der Waals surface area contributed by atoms with Crippen molar-refractivity contribution in [1.29, 1.82) is 0 Å². The molecule has 0 fully saturated rings. The number of hydrogen-bond acceptors (Lipinski definition) is 2. The molecule has 0 saturated heterocycles. The van der Waals surface area contributed by atoms with Gasteiger partial charge in [0.2, 0.25) is 0 Å². The third-order valence-electron chi connectivity index (χ3n) is 4.50. The first-order valence-electron chi connectivity index (χ1n) is 8.47. The molecular weight excluding hydrogens is 322 g/mol. The molecule has 2 aromatic rings. The van der Waals surface area contributed by atoms with Crippen LogP contribution in [0.4, 0.5) is 0 Å². The summed E-state index contributed by atoms with van der Waals surface area (Å²) in [6, 6.07) is 8.15. The molecule has 2 nitrogen and oxygen atoms in total. The Morgan fingerprint density at radius 3 is 2.24 bits per heavy atom. The fourth-order valence-electron chi connectivity index (χ4n) is 2.90. The van der Waals surface area contributed by atoms with Crippen molar-refractivity contribution in [2.24, 2.45) is 0 Å². The van der Waals surface area contributed by atoms with Crippen LogP contribution in [-0.4, -0.2) is 31.0 Å². The van der Waals surface area contributed by atoms with E-state index in [-0.39, 0.29) is 33.0 Å². The van der Waals surface area contributed by atoms with Crippen LogP contribution in [0.25, 0.3) is 0 Å². The topological polar surface area (TPSA) is 26.3 Å². The Bertz CT molecular complexity index is 769. The van der Waals surface area contributed by atoms with Crippen LogP contribution in [0.3, 0.4) is 0 Å². The van der Waals surface area contributed by atoms with E-state index in [4.69, 9.17) is 4.74 Å². The number of carbonyl (C=O) groups is 1. The summed E-state index contributed by atoms with van der Waals surface area (Å²) in [5.41, 5.74) is 6.89. The third-order valence-corrected chi connectivity index (χ3v) is 5.81. The van der Waals surface area contributed by atoms with E-state index in [1.54, 1.807) is 0 Å². The summed E-state index contributed by atoms with van der Waals surface area (Å²) in [6.07, 6.45) is 0.992. The second kappa shape index (κ2) is 9.58. The third kappa shape index (κ3) is 5.21. The summed E-state index contributed by atoms with van der Waals surface area (Å²) in [4.78, 5) is 12.9. The van der Waals surface area contributed by atoms with Crippen molar-refractivity contribution in [2.75, 3.05) is 6.61 Å². The van der Waals surface area contributed by atoms with Gasteiger partial charge in [0.15, 0.2) is 5.52 Å². The molecule has 0 aromatic heterocycles. The van der Waals surface area contributed by atoms with Gasteiger partial charge < -0.3 is 4.74 Å². The van der Waals surface area contributed by atoms with Gasteiger partial charge in [-0.25, -0.2) is 0 Å². The second-order valence-corrected chi connectivity index (χ2v) is 7.66. The van der Waals surface area contributed by atoms with Gasteiger partial charge in [0.25, 0.3) is 0 Å². The maximum Gasteiger partial charge on any atom is 0.186 e. The molecule has 1 atom stereocenters. The largest absolute Gasteiger partial charge is 0.494 e. The average Bonchev–Trinajstić information content (AvgIpc) is 2.53. The average molecular weight is 349 g/mol. The Morgan fingerprint density at radius 2 is 1.64 bits per heavy atom. The zero-order chi connectivity index (χ0) is 17.9. The molecule has 0 spiro atoms. The van der Waals surface area contributed by atoms with Gasteiger partial charge in [-0.05, 0) is 94.9 Å². The minimum absolute atomic E-state index is 0. The van der Waals surface area contributed by atoms with Crippen molar-refractivity contribution in [2.45, 2.75) is 48.0 Å². The summed E-state index contributed by atoms with van der Waals surface area (Å²) in [5, 5.41) is 1.10. The standard InChI is InChI=1S/C21H27O2P.Li/c1-7-10-23-18-8-9-19(14(3)12-18)24-21(22)20-15(4)11-13(2)16(5)17(20)6;/h8-9,11-12,24H,7,10H2,1-6H3;. The molecule has 25 heavy (non-hydrogen) atoms. The first-order chi connectivity index (χ1) is 11.3. The minimum atomic E-state index is 0. The predicted molar refractivity (Wildman–Crippen MR) is 110 cm³/mol. The Morgan fingerprint density at radius 1 is 0.960 bits per heavy atom. The molecule has 2 aromatic carbocycles. The van der Waals surface area contributed by atoms with Crippen molar-refractivity contribution in [3.8, 4) is 5.75 Å². The molecule has 0 bridgehead atoms. The van der Waals surface area contributed by atoms with Crippen LogP contribution in [0.5, 0.6) is 5.75 Å². The van der Waals surface area contributed by atoms with Crippen LogP contribution in [0.15, 0.2) is 24.3 Å². The van der Waals surface area contributed by atoms with Gasteiger partial charge in [-0.2, -0.15) is 0 Å². The van der Waals surface area contributed by atoms with E-state index in [0.717, 1.165) is 46.3 Å². The molecule has 1 radical (unpaired) electrons. The van der Waals surface area contributed by atoms with Gasteiger partial charge >= 0.3 is 0 Å². The quantitative estimate of drug-likeness (QED) is 0.554. The molecule has 129 valence electrons. The normalized spacial score (nSPS) is 10.8. The summed E-state index contributed by atoms with van der Waals surface area (Å²) >= 11 is 0. The van der Waals surface area contributed by atoms with Crippen LogP contribution in [0.1, 0.15) is 51.5 Å². The molecule has 0 aliphatic heterocycles. The monoisotopic (exact) mass is 349 g/mol. The Kier molecular flexibility index (Phi) is 8.43. The molecule has 1 unspecified atom stereocenters. The zero-order valence-corrected chi connectivity index (χ0v) is 17.5. The molecular formula is C21H27LiO2P. The van der Waals surface area contributed by atoms with E-state index >= 15 is 0 Å². The fraction of sp³-hybridized carbons (Fsp3) is 0.381. The van der Waals surface area contributed by atoms with Gasteiger partial charge in [-0.3, -0.25) is 4.79 Å². The van der Waals surface area contributed by atoms with Crippen LogP contribution < -0.4 is 10.0 Å². The van der Waals surface area contributed by atoms with Crippen molar-refractivity contribution >= 4 is 38.3 Å². The molecule has 2 rings (SSSR count). The summed E-state index contributed by atoms with van der Waals surface area (Å²) in [7, 11) is 0.145. The van der Waals surface area contributed by atoms with Crippen LogP contribution in [-0.2, 0) is 0 Å². The maximum atomic E-state index is 12.9. The van der Waals surface area contributed by atoms with Gasteiger partial charge in [-0.15, -0.1) is 0 Å². The van der Waals surface area contributed by atoms with E-state index in [2.05, 4.69) is 40.7 Å². The number of carbonyl (C=O) groups excluding carboxylic acids is 1. The second-order valence-electron chi connectivity index (χ2n) is 6.41. The van der Waals surface area contributed by atoms with Crippen LogP contribution >= 0.6 is 8.58 Å². The van der Waals surface area contributed by atoms with Crippen molar-refractivity contribution < 1.29 is 9.53 Å². The number of ether oxygens (including phenoxy) is 1.